The third-order valence-corrected chi connectivity index (χ3v) is 8.50. The van der Waals surface area contributed by atoms with Crippen molar-refractivity contribution in [3.63, 3.8) is 0 Å². The summed E-state index contributed by atoms with van der Waals surface area (Å²) < 4.78 is 11.3. The van der Waals surface area contributed by atoms with Crippen molar-refractivity contribution in [2.45, 2.75) is 24.1 Å². The molecule has 0 aliphatic carbocycles. The van der Waals surface area contributed by atoms with E-state index in [2.05, 4.69) is 24.0 Å². The molecule has 1 saturated heterocycles. The van der Waals surface area contributed by atoms with Crippen molar-refractivity contribution in [1.82, 2.24) is 9.97 Å². The molecule has 5 rings (SSSR count). The van der Waals surface area contributed by atoms with E-state index < -0.39 is 0 Å². The molecule has 10 heteroatoms. The number of hydrogen-bond acceptors (Lipinski definition) is 9. The lowest BCUT2D eigenvalue weighted by Crippen LogP contribution is -2.37. The molecule has 40 heavy (non-hydrogen) atoms. The number of nitrogens with zero attached hydrogens (tertiary/aromatic N) is 5. The quantitative estimate of drug-likeness (QED) is 0.190. The number of anilines is 1. The summed E-state index contributed by atoms with van der Waals surface area (Å²) in [6, 6.07) is 19.9. The topological polar surface area (TPSA) is 95.1 Å². The van der Waals surface area contributed by atoms with Crippen LogP contribution < -0.4 is 9.64 Å². The molecule has 1 aliphatic heterocycles. The van der Waals surface area contributed by atoms with Gasteiger partial charge in [-0.05, 0) is 36.2 Å². The van der Waals surface area contributed by atoms with Crippen molar-refractivity contribution in [2.75, 3.05) is 37.8 Å². The number of thiazole rings is 1. The van der Waals surface area contributed by atoms with Crippen molar-refractivity contribution in [3.05, 3.63) is 75.8 Å². The molecular weight excluding hydrogens is 562 g/mol. The van der Waals surface area contributed by atoms with Crippen LogP contribution in [0.5, 0.6) is 5.75 Å². The first-order chi connectivity index (χ1) is 19.6. The van der Waals surface area contributed by atoms with Crippen LogP contribution in [0.25, 0.3) is 21.7 Å². The third-order valence-electron chi connectivity index (χ3n) is 6.29. The van der Waals surface area contributed by atoms with Crippen LogP contribution in [0.3, 0.4) is 0 Å². The summed E-state index contributed by atoms with van der Waals surface area (Å²) in [5.41, 5.74) is 4.03. The summed E-state index contributed by atoms with van der Waals surface area (Å²) in [6.07, 6.45) is 0.910. The first kappa shape index (κ1) is 27.9. The average molecular weight is 588 g/mol. The highest BCUT2D eigenvalue weighted by Gasteiger charge is 2.26. The van der Waals surface area contributed by atoms with Crippen molar-refractivity contribution >= 4 is 40.5 Å². The van der Waals surface area contributed by atoms with Crippen LogP contribution in [-0.4, -0.2) is 42.9 Å². The summed E-state index contributed by atoms with van der Waals surface area (Å²) in [5.74, 6) is 1.86. The van der Waals surface area contributed by atoms with Gasteiger partial charge < -0.3 is 14.4 Å². The maximum atomic E-state index is 10.3. The summed E-state index contributed by atoms with van der Waals surface area (Å²) in [4.78, 5) is 11.8. The zero-order valence-electron chi connectivity index (χ0n) is 21.9. The van der Waals surface area contributed by atoms with Crippen LogP contribution in [-0.2, 0) is 10.5 Å². The van der Waals surface area contributed by atoms with Gasteiger partial charge in [-0.25, -0.2) is 9.97 Å². The van der Waals surface area contributed by atoms with Crippen LogP contribution in [0, 0.1) is 22.7 Å². The summed E-state index contributed by atoms with van der Waals surface area (Å²) in [6.45, 7) is 5.04. The van der Waals surface area contributed by atoms with E-state index in [1.165, 1.54) is 11.8 Å². The summed E-state index contributed by atoms with van der Waals surface area (Å²) in [7, 11) is 0. The van der Waals surface area contributed by atoms with E-state index in [9.17, 15) is 10.5 Å². The molecule has 0 unspecified atom stereocenters. The molecule has 0 N–H and O–H groups in total. The van der Waals surface area contributed by atoms with Gasteiger partial charge in [-0.1, -0.05) is 54.6 Å². The molecular formula is C30H26ClN5O2S2. The molecule has 4 aromatic rings. The van der Waals surface area contributed by atoms with Gasteiger partial charge in [-0.3, -0.25) is 0 Å². The number of halogens is 1. The Morgan fingerprint density at radius 1 is 1.00 bits per heavy atom. The molecule has 3 heterocycles. The molecule has 1 fully saturated rings. The monoisotopic (exact) mass is 587 g/mol. The number of ether oxygens (including phenoxy) is 2. The van der Waals surface area contributed by atoms with Crippen LogP contribution in [0.15, 0.2) is 58.9 Å². The molecule has 0 spiro atoms. The molecule has 202 valence electrons. The van der Waals surface area contributed by atoms with Gasteiger partial charge in [0.15, 0.2) is 0 Å². The highest BCUT2D eigenvalue weighted by Crippen LogP contribution is 2.39. The fraction of sp³-hybridized carbons (Fsp3) is 0.267. The van der Waals surface area contributed by atoms with Crippen LogP contribution in [0.4, 0.5) is 5.82 Å². The minimum absolute atomic E-state index is 0.383. The molecule has 7 nitrogen and oxygen atoms in total. The van der Waals surface area contributed by atoms with E-state index in [4.69, 9.17) is 31.0 Å². The van der Waals surface area contributed by atoms with Crippen LogP contribution >= 0.6 is 34.7 Å². The van der Waals surface area contributed by atoms with E-state index in [1.807, 2.05) is 53.9 Å². The van der Waals surface area contributed by atoms with Crippen molar-refractivity contribution in [2.24, 2.45) is 0 Å². The van der Waals surface area contributed by atoms with Crippen molar-refractivity contribution < 1.29 is 9.47 Å². The van der Waals surface area contributed by atoms with Gasteiger partial charge in [0.1, 0.15) is 39.3 Å². The molecule has 1 aliphatic rings. The predicted molar refractivity (Wildman–Crippen MR) is 160 cm³/mol. The molecule has 0 atom stereocenters. The minimum atomic E-state index is 0.383. The van der Waals surface area contributed by atoms with Crippen molar-refractivity contribution in [1.29, 1.82) is 10.5 Å². The zero-order chi connectivity index (χ0) is 27.9. The number of thioether (sulfide) groups is 1. The lowest BCUT2D eigenvalue weighted by molar-refractivity contribution is 0.122. The molecule has 0 radical (unpaired) electrons. The highest BCUT2D eigenvalue weighted by molar-refractivity contribution is 7.98. The summed E-state index contributed by atoms with van der Waals surface area (Å²) in [5, 5.41) is 24.8. The van der Waals surface area contributed by atoms with Gasteiger partial charge in [-0.15, -0.1) is 11.3 Å². The third kappa shape index (κ3) is 6.24. The first-order valence-electron chi connectivity index (χ1n) is 12.9. The second-order valence-electron chi connectivity index (χ2n) is 9.00. The van der Waals surface area contributed by atoms with E-state index >= 15 is 0 Å². The Hall–Kier alpha value is -3.60. The SMILES string of the molecule is CCCOc1ccc(-c2c(C#N)c(SCc3csc(-c4ccc(Cl)cc4)n3)nc(N3CCOCC3)c2C#N)cc1. The predicted octanol–water partition coefficient (Wildman–Crippen LogP) is 7.19. The van der Waals surface area contributed by atoms with Gasteiger partial charge >= 0.3 is 0 Å². The van der Waals surface area contributed by atoms with Gasteiger partial charge in [0.25, 0.3) is 0 Å². The number of aromatic nitrogens is 2. The lowest BCUT2D eigenvalue weighted by atomic mass is 9.96. The Balaban J connectivity index is 1.52. The van der Waals surface area contributed by atoms with E-state index in [0.717, 1.165) is 34.0 Å². The van der Waals surface area contributed by atoms with Crippen LogP contribution in [0.2, 0.25) is 5.02 Å². The van der Waals surface area contributed by atoms with Gasteiger partial charge in [-0.2, -0.15) is 10.5 Å². The second kappa shape index (κ2) is 13.2. The first-order valence-corrected chi connectivity index (χ1v) is 15.1. The number of morpholine rings is 1. The normalized spacial score (nSPS) is 13.1. The number of benzene rings is 2. The van der Waals surface area contributed by atoms with Gasteiger partial charge in [0.2, 0.25) is 0 Å². The fourth-order valence-electron chi connectivity index (χ4n) is 4.34. The van der Waals surface area contributed by atoms with Gasteiger partial charge in [0.05, 0.1) is 31.1 Å². The lowest BCUT2D eigenvalue weighted by Gasteiger charge is -2.29. The number of pyridine rings is 1. The maximum absolute atomic E-state index is 10.3. The summed E-state index contributed by atoms with van der Waals surface area (Å²) >= 11 is 9.05. The molecule has 0 saturated carbocycles. The highest BCUT2D eigenvalue weighted by atomic mass is 35.5. The molecule has 2 aromatic carbocycles. The Kier molecular flexibility index (Phi) is 9.20. The number of nitriles is 2. The van der Waals surface area contributed by atoms with Crippen molar-refractivity contribution in [3.8, 4) is 39.6 Å². The minimum Gasteiger partial charge on any atom is -0.494 e. The molecule has 0 bridgehead atoms. The second-order valence-corrected chi connectivity index (χ2v) is 11.3. The van der Waals surface area contributed by atoms with E-state index in [0.29, 0.717) is 71.2 Å². The van der Waals surface area contributed by atoms with E-state index in [-0.39, 0.29) is 0 Å². The molecule has 2 aromatic heterocycles. The standard InChI is InChI=1S/C30H26ClN5O2S2/c1-2-13-38-24-9-5-20(6-10-24)27-25(16-32)28(36-11-14-37-15-12-36)35-30(26(27)17-33)40-19-23-18-39-29(34-23)21-3-7-22(31)8-4-21/h3-10,18H,2,11-15,19H2,1H3. The number of hydrogen-bond donors (Lipinski definition) is 0. The average Bonchev–Trinajstić information content (AvgIpc) is 3.48. The largest absolute Gasteiger partial charge is 0.494 e. The Morgan fingerprint density at radius 3 is 2.38 bits per heavy atom. The van der Waals surface area contributed by atoms with Crippen LogP contribution in [0.1, 0.15) is 30.2 Å². The fourth-order valence-corrected chi connectivity index (χ4v) is 6.27. The Labute approximate surface area is 247 Å². The van der Waals surface area contributed by atoms with E-state index in [1.54, 1.807) is 11.3 Å². The Bertz CT molecular complexity index is 1550. The van der Waals surface area contributed by atoms with Gasteiger partial charge in [0, 0.05) is 40.4 Å². The molecule has 0 amide bonds. The zero-order valence-corrected chi connectivity index (χ0v) is 24.3. The smallest absolute Gasteiger partial charge is 0.148 e. The maximum Gasteiger partial charge on any atom is 0.148 e. The Morgan fingerprint density at radius 2 is 1.70 bits per heavy atom. The number of rotatable bonds is 9.